The molecule has 2 fully saturated rings. The maximum atomic E-state index is 12.5. The Kier molecular flexibility index (Phi) is 3.58. The van der Waals surface area contributed by atoms with E-state index in [9.17, 15) is 4.79 Å². The third-order valence-electron chi connectivity index (χ3n) is 3.40. The zero-order valence-electron chi connectivity index (χ0n) is 10.9. The summed E-state index contributed by atoms with van der Waals surface area (Å²) in [6, 6.07) is 0.119. The molecule has 0 aromatic heterocycles. The van der Waals surface area contributed by atoms with E-state index in [0.29, 0.717) is 39.5 Å². The molecule has 0 aromatic carbocycles. The van der Waals surface area contributed by atoms with Crippen LogP contribution in [0.2, 0.25) is 0 Å². The average molecular weight is 242 g/mol. The molecule has 0 aromatic rings. The van der Waals surface area contributed by atoms with Gasteiger partial charge in [-0.05, 0) is 20.8 Å². The van der Waals surface area contributed by atoms with Crippen LogP contribution in [0.4, 0.5) is 4.79 Å². The number of amides is 2. The number of carbonyl (C=O) groups is 1. The number of hydrogen-bond acceptors (Lipinski definition) is 3. The molecule has 98 valence electrons. The van der Waals surface area contributed by atoms with E-state index >= 15 is 0 Å². The van der Waals surface area contributed by atoms with Crippen LogP contribution in [0, 0.1) is 0 Å². The topological polar surface area (TPSA) is 42.0 Å². The summed E-state index contributed by atoms with van der Waals surface area (Å²) in [4.78, 5) is 16.3. The second kappa shape index (κ2) is 4.82. The molecular formula is C12H22N2O3. The van der Waals surface area contributed by atoms with Crippen molar-refractivity contribution in [3.8, 4) is 0 Å². The third-order valence-corrected chi connectivity index (χ3v) is 3.40. The standard InChI is InChI=1S/C12H22N2O3/c1-10-8-14(12(2,3)9-17-10)11(15)13-4-6-16-7-5-13/h10H,4-9H2,1-3H3/t10-/m1/s1. The van der Waals surface area contributed by atoms with E-state index in [1.165, 1.54) is 0 Å². The molecule has 1 atom stereocenters. The van der Waals surface area contributed by atoms with Crippen LogP contribution in [-0.2, 0) is 9.47 Å². The monoisotopic (exact) mass is 242 g/mol. The lowest BCUT2D eigenvalue weighted by Gasteiger charge is -2.46. The van der Waals surface area contributed by atoms with Gasteiger partial charge < -0.3 is 19.3 Å². The number of rotatable bonds is 0. The molecule has 2 rings (SSSR count). The van der Waals surface area contributed by atoms with Gasteiger partial charge in [-0.15, -0.1) is 0 Å². The van der Waals surface area contributed by atoms with Crippen LogP contribution in [0.3, 0.4) is 0 Å². The highest BCUT2D eigenvalue weighted by molar-refractivity contribution is 5.75. The van der Waals surface area contributed by atoms with Gasteiger partial charge in [0.2, 0.25) is 0 Å². The average Bonchev–Trinajstić information content (AvgIpc) is 2.33. The second-order valence-corrected chi connectivity index (χ2v) is 5.43. The fourth-order valence-corrected chi connectivity index (χ4v) is 2.24. The lowest BCUT2D eigenvalue weighted by Crippen LogP contribution is -2.61. The summed E-state index contributed by atoms with van der Waals surface area (Å²) in [5, 5.41) is 0. The maximum Gasteiger partial charge on any atom is 0.320 e. The predicted molar refractivity (Wildman–Crippen MR) is 64.0 cm³/mol. The minimum atomic E-state index is -0.220. The summed E-state index contributed by atoms with van der Waals surface area (Å²) in [6.07, 6.45) is 0.119. The van der Waals surface area contributed by atoms with Crippen molar-refractivity contribution in [2.45, 2.75) is 32.4 Å². The molecule has 0 unspecified atom stereocenters. The van der Waals surface area contributed by atoms with Gasteiger partial charge in [0, 0.05) is 19.6 Å². The quantitative estimate of drug-likeness (QED) is 0.635. The van der Waals surface area contributed by atoms with Gasteiger partial charge in [-0.1, -0.05) is 0 Å². The Morgan fingerprint density at radius 2 is 1.94 bits per heavy atom. The van der Waals surface area contributed by atoms with Crippen LogP contribution >= 0.6 is 0 Å². The van der Waals surface area contributed by atoms with Crippen LogP contribution < -0.4 is 0 Å². The van der Waals surface area contributed by atoms with Gasteiger partial charge >= 0.3 is 6.03 Å². The summed E-state index contributed by atoms with van der Waals surface area (Å²) >= 11 is 0. The molecule has 0 spiro atoms. The lowest BCUT2D eigenvalue weighted by molar-refractivity contribution is -0.0789. The van der Waals surface area contributed by atoms with Crippen LogP contribution in [0.5, 0.6) is 0 Å². The Morgan fingerprint density at radius 1 is 1.29 bits per heavy atom. The number of urea groups is 1. The van der Waals surface area contributed by atoms with E-state index in [-0.39, 0.29) is 17.7 Å². The summed E-state index contributed by atoms with van der Waals surface area (Å²) in [5.41, 5.74) is -0.220. The first kappa shape index (κ1) is 12.6. The van der Waals surface area contributed by atoms with Gasteiger partial charge in [0.1, 0.15) is 0 Å². The van der Waals surface area contributed by atoms with E-state index in [0.717, 1.165) is 0 Å². The molecule has 17 heavy (non-hydrogen) atoms. The highest BCUT2D eigenvalue weighted by Crippen LogP contribution is 2.23. The zero-order chi connectivity index (χ0) is 12.5. The van der Waals surface area contributed by atoms with Crippen LogP contribution in [0.15, 0.2) is 0 Å². The number of morpholine rings is 2. The van der Waals surface area contributed by atoms with Gasteiger partial charge in [0.05, 0.1) is 31.5 Å². The Bertz CT molecular complexity index is 287. The summed E-state index contributed by atoms with van der Waals surface area (Å²) in [6.45, 7) is 10.1. The first-order valence-electron chi connectivity index (χ1n) is 6.26. The third kappa shape index (κ3) is 2.72. The van der Waals surface area contributed by atoms with E-state index in [2.05, 4.69) is 13.8 Å². The van der Waals surface area contributed by atoms with Gasteiger partial charge in [-0.25, -0.2) is 4.79 Å². The molecule has 5 heteroatoms. The fraction of sp³-hybridized carbons (Fsp3) is 0.917. The molecule has 0 N–H and O–H groups in total. The number of hydrogen-bond donors (Lipinski definition) is 0. The van der Waals surface area contributed by atoms with E-state index in [4.69, 9.17) is 9.47 Å². The SMILES string of the molecule is C[C@@H]1CN(C(=O)N2CCOCC2)C(C)(C)CO1. The molecule has 2 amide bonds. The predicted octanol–water partition coefficient (Wildman–Crippen LogP) is 0.938. The van der Waals surface area contributed by atoms with Crippen molar-refractivity contribution < 1.29 is 14.3 Å². The van der Waals surface area contributed by atoms with Crippen molar-refractivity contribution in [2.24, 2.45) is 0 Å². The second-order valence-electron chi connectivity index (χ2n) is 5.43. The van der Waals surface area contributed by atoms with Gasteiger partial charge in [-0.3, -0.25) is 0 Å². The molecule has 2 aliphatic heterocycles. The Labute approximate surface area is 103 Å². The minimum Gasteiger partial charge on any atom is -0.378 e. The molecule has 2 saturated heterocycles. The molecular weight excluding hydrogens is 220 g/mol. The fourth-order valence-electron chi connectivity index (χ4n) is 2.24. The van der Waals surface area contributed by atoms with E-state index < -0.39 is 0 Å². The molecule has 0 saturated carbocycles. The van der Waals surface area contributed by atoms with Crippen molar-refractivity contribution in [1.29, 1.82) is 0 Å². The normalized spacial score (nSPS) is 29.2. The highest BCUT2D eigenvalue weighted by Gasteiger charge is 2.38. The first-order chi connectivity index (χ1) is 8.00. The van der Waals surface area contributed by atoms with Crippen LogP contribution in [-0.4, -0.2) is 66.9 Å². The minimum absolute atomic E-state index is 0.119. The van der Waals surface area contributed by atoms with Crippen molar-refractivity contribution in [1.82, 2.24) is 9.80 Å². The Hall–Kier alpha value is -0.810. The van der Waals surface area contributed by atoms with Crippen molar-refractivity contribution in [3.05, 3.63) is 0 Å². The maximum absolute atomic E-state index is 12.5. The number of ether oxygens (including phenoxy) is 2. The van der Waals surface area contributed by atoms with Gasteiger partial charge in [-0.2, -0.15) is 0 Å². The Morgan fingerprint density at radius 3 is 2.59 bits per heavy atom. The molecule has 0 radical (unpaired) electrons. The lowest BCUT2D eigenvalue weighted by atomic mass is 10.0. The molecule has 0 aliphatic carbocycles. The number of nitrogens with zero attached hydrogens (tertiary/aromatic N) is 2. The molecule has 2 heterocycles. The first-order valence-corrected chi connectivity index (χ1v) is 6.26. The Balaban J connectivity index is 2.05. The van der Waals surface area contributed by atoms with E-state index in [1.54, 1.807) is 0 Å². The summed E-state index contributed by atoms with van der Waals surface area (Å²) in [5.74, 6) is 0. The highest BCUT2D eigenvalue weighted by atomic mass is 16.5. The van der Waals surface area contributed by atoms with Gasteiger partial charge in [0.25, 0.3) is 0 Å². The van der Waals surface area contributed by atoms with Crippen molar-refractivity contribution in [2.75, 3.05) is 39.5 Å². The van der Waals surface area contributed by atoms with E-state index in [1.807, 2.05) is 16.7 Å². The summed E-state index contributed by atoms with van der Waals surface area (Å²) < 4.78 is 10.9. The van der Waals surface area contributed by atoms with Crippen molar-refractivity contribution in [3.63, 3.8) is 0 Å². The van der Waals surface area contributed by atoms with Gasteiger partial charge in [0.15, 0.2) is 0 Å². The molecule has 2 aliphatic rings. The largest absolute Gasteiger partial charge is 0.378 e. The van der Waals surface area contributed by atoms with Crippen LogP contribution in [0.1, 0.15) is 20.8 Å². The smallest absolute Gasteiger partial charge is 0.320 e. The zero-order valence-corrected chi connectivity index (χ0v) is 10.9. The molecule has 5 nitrogen and oxygen atoms in total. The van der Waals surface area contributed by atoms with Crippen molar-refractivity contribution >= 4 is 6.03 Å². The summed E-state index contributed by atoms with van der Waals surface area (Å²) in [7, 11) is 0. The van der Waals surface area contributed by atoms with Crippen LogP contribution in [0.25, 0.3) is 0 Å². The number of carbonyl (C=O) groups excluding carboxylic acids is 1. The molecule has 0 bridgehead atoms.